The quantitative estimate of drug-likeness (QED) is 0.657. The zero-order chi connectivity index (χ0) is 19.2. The molecule has 0 aliphatic heterocycles. The van der Waals surface area contributed by atoms with E-state index < -0.39 is 11.4 Å². The van der Waals surface area contributed by atoms with Crippen LogP contribution in [0.5, 0.6) is 5.75 Å². The van der Waals surface area contributed by atoms with Crippen molar-refractivity contribution in [3.63, 3.8) is 0 Å². The van der Waals surface area contributed by atoms with Crippen molar-refractivity contribution >= 4 is 23.1 Å². The van der Waals surface area contributed by atoms with Crippen LogP contribution in [0.3, 0.4) is 0 Å². The van der Waals surface area contributed by atoms with E-state index in [1.165, 1.54) is 11.3 Å². The molecule has 0 spiro atoms. The van der Waals surface area contributed by atoms with Gasteiger partial charge in [-0.1, -0.05) is 13.3 Å². The van der Waals surface area contributed by atoms with E-state index in [9.17, 15) is 14.7 Å². The van der Waals surface area contributed by atoms with Crippen LogP contribution in [0.2, 0.25) is 0 Å². The van der Waals surface area contributed by atoms with Crippen LogP contribution in [-0.2, 0) is 16.0 Å². The fourth-order valence-corrected chi connectivity index (χ4v) is 3.73. The molecular formula is C20H25NO4S. The summed E-state index contributed by atoms with van der Waals surface area (Å²) in [5.74, 6) is -0.194. The molecule has 1 aromatic heterocycles. The lowest BCUT2D eigenvalue weighted by Crippen LogP contribution is -2.30. The maximum atomic E-state index is 12.4. The Bertz CT molecular complexity index is 753. The maximum absolute atomic E-state index is 12.4. The maximum Gasteiger partial charge on any atom is 0.309 e. The Hall–Kier alpha value is -2.21. The van der Waals surface area contributed by atoms with Crippen molar-refractivity contribution < 1.29 is 19.4 Å². The van der Waals surface area contributed by atoms with Gasteiger partial charge in [0, 0.05) is 23.8 Å². The fourth-order valence-electron chi connectivity index (χ4n) is 2.90. The summed E-state index contributed by atoms with van der Waals surface area (Å²) in [7, 11) is 0. The Balaban J connectivity index is 2.03. The molecule has 5 nitrogen and oxygen atoms in total. The van der Waals surface area contributed by atoms with Gasteiger partial charge in [-0.3, -0.25) is 9.59 Å². The topological polar surface area (TPSA) is 76.5 Å². The number of ketones is 1. The first kappa shape index (κ1) is 20.1. The van der Waals surface area contributed by atoms with Gasteiger partial charge in [-0.25, -0.2) is 4.98 Å². The van der Waals surface area contributed by atoms with Gasteiger partial charge in [0.2, 0.25) is 0 Å². The second kappa shape index (κ2) is 8.94. The lowest BCUT2D eigenvalue weighted by Gasteiger charge is -2.23. The van der Waals surface area contributed by atoms with Crippen molar-refractivity contribution in [2.45, 2.75) is 46.5 Å². The molecule has 140 valence electrons. The number of aliphatic carboxylic acids is 1. The zero-order valence-electron chi connectivity index (χ0n) is 15.4. The summed E-state index contributed by atoms with van der Waals surface area (Å²) < 4.78 is 5.43. The second-order valence-electron chi connectivity index (χ2n) is 6.61. The molecule has 0 aliphatic carbocycles. The van der Waals surface area contributed by atoms with E-state index in [1.54, 1.807) is 6.92 Å². The molecule has 26 heavy (non-hydrogen) atoms. The highest BCUT2D eigenvalue weighted by atomic mass is 32.1. The largest absolute Gasteiger partial charge is 0.494 e. The average molecular weight is 375 g/mol. The van der Waals surface area contributed by atoms with E-state index in [2.05, 4.69) is 4.98 Å². The van der Waals surface area contributed by atoms with Gasteiger partial charge in [0.15, 0.2) is 0 Å². The smallest absolute Gasteiger partial charge is 0.309 e. The van der Waals surface area contributed by atoms with Crippen molar-refractivity contribution in [3.8, 4) is 16.3 Å². The monoisotopic (exact) mass is 375 g/mol. The lowest BCUT2D eigenvalue weighted by atomic mass is 9.80. The molecule has 0 bridgehead atoms. The molecule has 1 atom stereocenters. The van der Waals surface area contributed by atoms with Crippen molar-refractivity contribution in [2.24, 2.45) is 5.41 Å². The number of nitrogens with zero attached hydrogens (tertiary/aromatic N) is 1. The van der Waals surface area contributed by atoms with Gasteiger partial charge >= 0.3 is 5.97 Å². The summed E-state index contributed by atoms with van der Waals surface area (Å²) >= 11 is 1.48. The number of thiazole rings is 1. The standard InChI is InChI=1S/C20H25NO4S/c1-4-10-20(3,19(23)24)12-16(22)11-15-13-26-18(21-15)14-6-8-17(9-7-14)25-5-2/h6-9,13H,4-5,10-12H2,1-3H3,(H,23,24). The third-order valence-corrected chi connectivity index (χ3v) is 5.19. The van der Waals surface area contributed by atoms with E-state index in [1.807, 2.05) is 43.5 Å². The van der Waals surface area contributed by atoms with Crippen LogP contribution in [0.4, 0.5) is 0 Å². The fraction of sp³-hybridized carbons (Fsp3) is 0.450. The molecule has 1 aromatic carbocycles. The number of carboxylic acids is 1. The molecule has 0 saturated heterocycles. The van der Waals surface area contributed by atoms with Crippen LogP contribution in [0.25, 0.3) is 10.6 Å². The first-order chi connectivity index (χ1) is 12.4. The molecule has 0 radical (unpaired) electrons. The first-order valence-electron chi connectivity index (χ1n) is 8.80. The molecule has 0 saturated carbocycles. The normalized spacial score (nSPS) is 13.2. The summed E-state index contributed by atoms with van der Waals surface area (Å²) in [5, 5.41) is 12.1. The van der Waals surface area contributed by atoms with Gasteiger partial charge < -0.3 is 9.84 Å². The minimum atomic E-state index is -1.00. The predicted molar refractivity (Wildman–Crippen MR) is 103 cm³/mol. The van der Waals surface area contributed by atoms with Gasteiger partial charge in [-0.05, 0) is 44.5 Å². The number of carbonyl (C=O) groups is 2. The highest BCUT2D eigenvalue weighted by Crippen LogP contribution is 2.30. The van der Waals surface area contributed by atoms with Crippen LogP contribution in [0.15, 0.2) is 29.6 Å². The minimum Gasteiger partial charge on any atom is -0.494 e. The number of hydrogen-bond donors (Lipinski definition) is 1. The summed E-state index contributed by atoms with van der Waals surface area (Å²) in [5.41, 5.74) is 0.659. The second-order valence-corrected chi connectivity index (χ2v) is 7.47. The third-order valence-electron chi connectivity index (χ3n) is 4.25. The Morgan fingerprint density at radius 3 is 2.50 bits per heavy atom. The number of aromatic nitrogens is 1. The van der Waals surface area contributed by atoms with Crippen LogP contribution in [0.1, 0.15) is 45.7 Å². The molecule has 1 heterocycles. The third kappa shape index (κ3) is 5.14. The number of ether oxygens (including phenoxy) is 1. The Morgan fingerprint density at radius 1 is 1.23 bits per heavy atom. The molecule has 6 heteroatoms. The van der Waals surface area contributed by atoms with Crippen LogP contribution >= 0.6 is 11.3 Å². The summed E-state index contributed by atoms with van der Waals surface area (Å²) in [6.07, 6.45) is 1.42. The molecule has 1 unspecified atom stereocenters. The number of hydrogen-bond acceptors (Lipinski definition) is 5. The van der Waals surface area contributed by atoms with Crippen LogP contribution in [-0.4, -0.2) is 28.4 Å². The number of Topliss-reactive ketones (excluding diaryl/α,β-unsaturated/α-hetero) is 1. The SMILES string of the molecule is CCCC(C)(CC(=O)Cc1csc(-c2ccc(OCC)cc2)n1)C(=O)O. The molecule has 0 fully saturated rings. The lowest BCUT2D eigenvalue weighted by molar-refractivity contribution is -0.150. The molecule has 2 rings (SSSR count). The molecule has 0 amide bonds. The average Bonchev–Trinajstić information content (AvgIpc) is 3.04. The summed E-state index contributed by atoms with van der Waals surface area (Å²) in [4.78, 5) is 28.4. The highest BCUT2D eigenvalue weighted by Gasteiger charge is 2.34. The van der Waals surface area contributed by atoms with Gasteiger partial charge in [0.1, 0.15) is 16.5 Å². The van der Waals surface area contributed by atoms with Crippen molar-refractivity contribution in [1.82, 2.24) is 4.98 Å². The van der Waals surface area contributed by atoms with Gasteiger partial charge in [-0.2, -0.15) is 0 Å². The Morgan fingerprint density at radius 2 is 1.92 bits per heavy atom. The zero-order valence-corrected chi connectivity index (χ0v) is 16.3. The number of benzene rings is 1. The molecular weight excluding hydrogens is 350 g/mol. The number of carbonyl (C=O) groups excluding carboxylic acids is 1. The van der Waals surface area contributed by atoms with Gasteiger partial charge in [0.05, 0.1) is 17.7 Å². The van der Waals surface area contributed by atoms with Gasteiger partial charge in [0.25, 0.3) is 0 Å². The molecule has 2 aromatic rings. The van der Waals surface area contributed by atoms with E-state index in [0.717, 1.165) is 22.7 Å². The van der Waals surface area contributed by atoms with E-state index >= 15 is 0 Å². The van der Waals surface area contributed by atoms with Crippen LogP contribution in [0, 0.1) is 5.41 Å². The van der Waals surface area contributed by atoms with Crippen molar-refractivity contribution in [1.29, 1.82) is 0 Å². The molecule has 1 N–H and O–H groups in total. The first-order valence-corrected chi connectivity index (χ1v) is 9.68. The Kier molecular flexibility index (Phi) is 6.91. The van der Waals surface area contributed by atoms with Crippen molar-refractivity contribution in [3.05, 3.63) is 35.3 Å². The van der Waals surface area contributed by atoms with Gasteiger partial charge in [-0.15, -0.1) is 11.3 Å². The number of rotatable bonds is 10. The Labute approximate surface area is 158 Å². The molecule has 0 aliphatic rings. The van der Waals surface area contributed by atoms with E-state index in [-0.39, 0.29) is 18.6 Å². The van der Waals surface area contributed by atoms with E-state index in [0.29, 0.717) is 18.7 Å². The minimum absolute atomic E-state index is 0.0338. The summed E-state index contributed by atoms with van der Waals surface area (Å²) in [6.45, 7) is 6.13. The number of carboxylic acid groups (broad SMARTS) is 1. The predicted octanol–water partition coefficient (Wildman–Crippen LogP) is 4.60. The summed E-state index contributed by atoms with van der Waals surface area (Å²) in [6, 6.07) is 7.68. The van der Waals surface area contributed by atoms with E-state index in [4.69, 9.17) is 4.74 Å². The van der Waals surface area contributed by atoms with Crippen molar-refractivity contribution in [2.75, 3.05) is 6.61 Å². The van der Waals surface area contributed by atoms with Crippen LogP contribution < -0.4 is 4.74 Å². The highest BCUT2D eigenvalue weighted by molar-refractivity contribution is 7.13.